The zero-order chi connectivity index (χ0) is 21.3. The van der Waals surface area contributed by atoms with Crippen LogP contribution in [0.4, 0.5) is 10.5 Å². The summed E-state index contributed by atoms with van der Waals surface area (Å²) in [5.41, 5.74) is 1.28. The van der Waals surface area contributed by atoms with E-state index < -0.39 is 11.7 Å². The number of nitrogens with zero attached hydrogens (tertiary/aromatic N) is 1. The summed E-state index contributed by atoms with van der Waals surface area (Å²) >= 11 is 0. The van der Waals surface area contributed by atoms with Gasteiger partial charge in [0.25, 0.3) is 0 Å². The summed E-state index contributed by atoms with van der Waals surface area (Å²) in [4.78, 5) is 27.9. The Hall–Kier alpha value is -2.04. The van der Waals surface area contributed by atoms with Gasteiger partial charge in [-0.2, -0.15) is 0 Å². The van der Waals surface area contributed by atoms with Crippen LogP contribution in [0.2, 0.25) is 0 Å². The maximum atomic E-state index is 11.8. The summed E-state index contributed by atoms with van der Waals surface area (Å²) < 4.78 is 5.24. The Balaban J connectivity index is 0.00000450. The van der Waals surface area contributed by atoms with Gasteiger partial charge in [-0.1, -0.05) is 12.1 Å². The Bertz CT molecular complexity index is 712. The van der Waals surface area contributed by atoms with Gasteiger partial charge < -0.3 is 20.7 Å². The van der Waals surface area contributed by atoms with Crippen molar-refractivity contribution in [2.45, 2.75) is 58.6 Å². The Morgan fingerprint density at radius 1 is 1.13 bits per heavy atom. The summed E-state index contributed by atoms with van der Waals surface area (Å²) in [5.74, 6) is 0.583. The predicted molar refractivity (Wildman–Crippen MR) is 131 cm³/mol. The van der Waals surface area contributed by atoms with Crippen LogP contribution in [0.1, 0.15) is 46.1 Å². The van der Waals surface area contributed by atoms with Gasteiger partial charge in [0, 0.05) is 24.8 Å². The second-order valence-corrected chi connectivity index (χ2v) is 8.04. The van der Waals surface area contributed by atoms with E-state index in [1.165, 1.54) is 0 Å². The second kappa shape index (κ2) is 12.6. The highest BCUT2D eigenvalue weighted by atomic mass is 127. The molecule has 4 N–H and O–H groups in total. The Labute approximate surface area is 196 Å². The maximum absolute atomic E-state index is 11.8. The van der Waals surface area contributed by atoms with Crippen molar-refractivity contribution in [2.75, 3.05) is 25.0 Å². The molecule has 0 spiro atoms. The van der Waals surface area contributed by atoms with Gasteiger partial charge in [0.05, 0.1) is 0 Å². The number of rotatable bonds is 8. The van der Waals surface area contributed by atoms with E-state index in [2.05, 4.69) is 26.3 Å². The molecular weight excluding hydrogens is 497 g/mol. The lowest BCUT2D eigenvalue weighted by Gasteiger charge is -2.19. The zero-order valence-electron chi connectivity index (χ0n) is 18.2. The number of guanidine groups is 1. The van der Waals surface area contributed by atoms with E-state index >= 15 is 0 Å². The highest BCUT2D eigenvalue weighted by molar-refractivity contribution is 14.0. The molecule has 1 aromatic rings. The van der Waals surface area contributed by atoms with Gasteiger partial charge >= 0.3 is 6.09 Å². The number of carbonyl (C=O) groups is 2. The number of ether oxygens (including phenoxy) is 1. The molecule has 30 heavy (non-hydrogen) atoms. The van der Waals surface area contributed by atoms with Crippen molar-refractivity contribution in [3.05, 3.63) is 29.8 Å². The fraction of sp³-hybridized carbons (Fsp3) is 0.571. The molecule has 1 aromatic carbocycles. The summed E-state index contributed by atoms with van der Waals surface area (Å²) in [6.07, 6.45) is 2.45. The molecule has 2 amide bonds. The van der Waals surface area contributed by atoms with Gasteiger partial charge in [-0.25, -0.2) is 9.79 Å². The number of halogens is 1. The van der Waals surface area contributed by atoms with E-state index in [9.17, 15) is 9.59 Å². The number of hydrogen-bond acceptors (Lipinski definition) is 4. The smallest absolute Gasteiger partial charge is 0.412 e. The fourth-order valence-corrected chi connectivity index (χ4v) is 2.50. The van der Waals surface area contributed by atoms with Crippen LogP contribution in [0.5, 0.6) is 0 Å². The van der Waals surface area contributed by atoms with Crippen molar-refractivity contribution >= 4 is 47.6 Å². The van der Waals surface area contributed by atoms with Gasteiger partial charge in [0.15, 0.2) is 5.96 Å². The number of anilines is 1. The lowest BCUT2D eigenvalue weighted by molar-refractivity contribution is -0.119. The molecule has 2 rings (SSSR count). The minimum absolute atomic E-state index is 0. The average Bonchev–Trinajstić information content (AvgIpc) is 3.43. The van der Waals surface area contributed by atoms with Crippen LogP contribution in [-0.2, 0) is 16.0 Å². The third-order valence-corrected chi connectivity index (χ3v) is 3.97. The van der Waals surface area contributed by atoms with Gasteiger partial charge in [-0.3, -0.25) is 10.1 Å². The topological polar surface area (TPSA) is 104 Å². The van der Waals surface area contributed by atoms with E-state index in [4.69, 9.17) is 4.74 Å². The van der Waals surface area contributed by atoms with Gasteiger partial charge in [0.2, 0.25) is 5.91 Å². The summed E-state index contributed by atoms with van der Waals surface area (Å²) in [6, 6.07) is 7.96. The standard InChI is InChI=1S/C21H33N5O3.HI/c1-5-22-19(24-14-18(27)25-16-10-11-16)23-13-12-15-6-8-17(9-7-15)26-20(28)29-21(2,3)4;/h6-9,16H,5,10-14H2,1-4H3,(H,25,27)(H,26,28)(H2,22,23,24);1H. The molecule has 0 radical (unpaired) electrons. The first-order valence-corrected chi connectivity index (χ1v) is 10.2. The number of benzene rings is 1. The molecule has 0 aliphatic heterocycles. The molecule has 9 heteroatoms. The molecule has 0 bridgehead atoms. The Morgan fingerprint density at radius 3 is 2.37 bits per heavy atom. The molecule has 0 unspecified atom stereocenters. The van der Waals surface area contributed by atoms with Crippen molar-refractivity contribution in [2.24, 2.45) is 4.99 Å². The molecule has 0 aromatic heterocycles. The minimum atomic E-state index is -0.528. The first-order valence-electron chi connectivity index (χ1n) is 10.2. The van der Waals surface area contributed by atoms with Crippen LogP contribution < -0.4 is 21.3 Å². The first kappa shape index (κ1) is 26.0. The number of amides is 2. The molecule has 168 valence electrons. The first-order chi connectivity index (χ1) is 13.7. The van der Waals surface area contributed by atoms with E-state index in [0.717, 1.165) is 31.4 Å². The SMILES string of the molecule is CCNC(=NCC(=O)NC1CC1)NCCc1ccc(NC(=O)OC(C)(C)C)cc1.I. The van der Waals surface area contributed by atoms with Gasteiger partial charge in [-0.05, 0) is 64.7 Å². The van der Waals surface area contributed by atoms with Crippen molar-refractivity contribution in [1.82, 2.24) is 16.0 Å². The zero-order valence-corrected chi connectivity index (χ0v) is 20.5. The van der Waals surface area contributed by atoms with E-state index in [0.29, 0.717) is 24.2 Å². The van der Waals surface area contributed by atoms with E-state index in [-0.39, 0.29) is 36.4 Å². The molecule has 1 fully saturated rings. The quantitative estimate of drug-likeness (QED) is 0.235. The minimum Gasteiger partial charge on any atom is -0.444 e. The third-order valence-electron chi connectivity index (χ3n) is 3.97. The highest BCUT2D eigenvalue weighted by Gasteiger charge is 2.22. The second-order valence-electron chi connectivity index (χ2n) is 8.04. The lowest BCUT2D eigenvalue weighted by Crippen LogP contribution is -2.39. The molecular formula is C21H34IN5O3. The van der Waals surface area contributed by atoms with Gasteiger partial charge in [0.1, 0.15) is 12.1 Å². The van der Waals surface area contributed by atoms with Crippen molar-refractivity contribution < 1.29 is 14.3 Å². The van der Waals surface area contributed by atoms with Crippen LogP contribution in [0, 0.1) is 0 Å². The largest absolute Gasteiger partial charge is 0.444 e. The normalized spacial score (nSPS) is 13.7. The number of nitrogens with one attached hydrogen (secondary N) is 4. The summed E-state index contributed by atoms with van der Waals surface area (Å²) in [5, 5.41) is 12.0. The van der Waals surface area contributed by atoms with Crippen molar-refractivity contribution in [3.8, 4) is 0 Å². The molecule has 8 nitrogen and oxygen atoms in total. The van der Waals surface area contributed by atoms with Gasteiger partial charge in [-0.15, -0.1) is 24.0 Å². The fourth-order valence-electron chi connectivity index (χ4n) is 2.50. The number of carbonyl (C=O) groups excluding carboxylic acids is 2. The van der Waals surface area contributed by atoms with Crippen LogP contribution in [-0.4, -0.2) is 49.2 Å². The van der Waals surface area contributed by atoms with Crippen LogP contribution in [0.15, 0.2) is 29.3 Å². The maximum Gasteiger partial charge on any atom is 0.412 e. The highest BCUT2D eigenvalue weighted by Crippen LogP contribution is 2.18. The van der Waals surface area contributed by atoms with E-state index in [1.807, 2.05) is 52.0 Å². The average molecular weight is 531 g/mol. The number of hydrogen-bond donors (Lipinski definition) is 4. The molecule has 0 atom stereocenters. The van der Waals surface area contributed by atoms with E-state index in [1.54, 1.807) is 0 Å². The van der Waals surface area contributed by atoms with Crippen LogP contribution >= 0.6 is 24.0 Å². The van der Waals surface area contributed by atoms with Crippen LogP contribution in [0.3, 0.4) is 0 Å². The molecule has 1 aliphatic carbocycles. The Morgan fingerprint density at radius 2 is 1.80 bits per heavy atom. The van der Waals surface area contributed by atoms with Crippen molar-refractivity contribution in [3.63, 3.8) is 0 Å². The third kappa shape index (κ3) is 11.2. The molecule has 1 aliphatic rings. The summed E-state index contributed by atoms with van der Waals surface area (Å²) in [6.45, 7) is 8.98. The predicted octanol–water partition coefficient (Wildman–Crippen LogP) is 3.03. The van der Waals surface area contributed by atoms with Crippen LogP contribution in [0.25, 0.3) is 0 Å². The number of aliphatic imine (C=N–C) groups is 1. The molecule has 0 saturated heterocycles. The van der Waals surface area contributed by atoms with Crippen molar-refractivity contribution in [1.29, 1.82) is 0 Å². The monoisotopic (exact) mass is 531 g/mol. The molecule has 1 saturated carbocycles. The lowest BCUT2D eigenvalue weighted by atomic mass is 10.1. The Kier molecular flexibility index (Phi) is 10.9. The summed E-state index contributed by atoms with van der Waals surface area (Å²) in [7, 11) is 0. The molecule has 0 heterocycles.